The van der Waals surface area contributed by atoms with Gasteiger partial charge in [-0.15, -0.1) is 11.3 Å². The molecule has 1 aromatic heterocycles. The number of benzene rings is 1. The van der Waals surface area contributed by atoms with Crippen molar-refractivity contribution in [2.45, 2.75) is 25.5 Å². The molecule has 1 aliphatic rings. The van der Waals surface area contributed by atoms with Gasteiger partial charge in [0.25, 0.3) is 0 Å². The maximum Gasteiger partial charge on any atom is 0.248 e. The Morgan fingerprint density at radius 3 is 3.14 bits per heavy atom. The van der Waals surface area contributed by atoms with Gasteiger partial charge in [-0.05, 0) is 35.2 Å². The van der Waals surface area contributed by atoms with Crippen molar-refractivity contribution in [2.75, 3.05) is 26.9 Å². The second kappa shape index (κ2) is 7.22. The Balaban J connectivity index is 1.50. The van der Waals surface area contributed by atoms with Crippen LogP contribution in [-0.2, 0) is 20.8 Å². The smallest absolute Gasteiger partial charge is 0.248 e. The highest BCUT2D eigenvalue weighted by molar-refractivity contribution is 7.17. The third-order valence-electron chi connectivity index (χ3n) is 3.95. The SMILES string of the molecule is CN(Cc1csc2ccccc12)C(=O)COCC1CCCO1. The van der Waals surface area contributed by atoms with E-state index in [9.17, 15) is 4.79 Å². The van der Waals surface area contributed by atoms with E-state index in [0.29, 0.717) is 13.2 Å². The lowest BCUT2D eigenvalue weighted by molar-refractivity contribution is -0.136. The fourth-order valence-corrected chi connectivity index (χ4v) is 3.62. The van der Waals surface area contributed by atoms with Crippen LogP contribution < -0.4 is 0 Å². The summed E-state index contributed by atoms with van der Waals surface area (Å²) in [5, 5.41) is 3.36. The highest BCUT2D eigenvalue weighted by Crippen LogP contribution is 2.26. The molecule has 0 saturated carbocycles. The molecule has 118 valence electrons. The van der Waals surface area contributed by atoms with Crippen molar-refractivity contribution >= 4 is 27.3 Å². The van der Waals surface area contributed by atoms with Crippen molar-refractivity contribution in [3.63, 3.8) is 0 Å². The Morgan fingerprint density at radius 1 is 1.45 bits per heavy atom. The van der Waals surface area contributed by atoms with Crippen LogP contribution in [0, 0.1) is 0 Å². The summed E-state index contributed by atoms with van der Waals surface area (Å²) in [7, 11) is 1.82. The zero-order valence-electron chi connectivity index (χ0n) is 12.8. The molecule has 1 amide bonds. The summed E-state index contributed by atoms with van der Waals surface area (Å²) in [5.41, 5.74) is 1.19. The van der Waals surface area contributed by atoms with Crippen LogP contribution in [0.1, 0.15) is 18.4 Å². The first kappa shape index (κ1) is 15.5. The average molecular weight is 319 g/mol. The van der Waals surface area contributed by atoms with Gasteiger partial charge in [0, 0.05) is 24.9 Å². The summed E-state index contributed by atoms with van der Waals surface area (Å²) in [6.07, 6.45) is 2.29. The van der Waals surface area contributed by atoms with Gasteiger partial charge < -0.3 is 14.4 Å². The van der Waals surface area contributed by atoms with Gasteiger partial charge in [0.05, 0.1) is 12.7 Å². The van der Waals surface area contributed by atoms with Crippen LogP contribution in [-0.4, -0.2) is 43.8 Å². The molecule has 1 saturated heterocycles. The molecule has 1 aromatic carbocycles. The highest BCUT2D eigenvalue weighted by Gasteiger charge is 2.17. The summed E-state index contributed by atoms with van der Waals surface area (Å²) >= 11 is 1.72. The molecule has 22 heavy (non-hydrogen) atoms. The molecule has 2 aromatic rings. The van der Waals surface area contributed by atoms with Crippen LogP contribution in [0.15, 0.2) is 29.6 Å². The molecule has 0 bridgehead atoms. The molecule has 0 radical (unpaired) electrons. The number of fused-ring (bicyclic) bond motifs is 1. The van der Waals surface area contributed by atoms with E-state index in [4.69, 9.17) is 9.47 Å². The lowest BCUT2D eigenvalue weighted by atomic mass is 10.2. The molecular weight excluding hydrogens is 298 g/mol. The molecule has 0 N–H and O–H groups in total. The van der Waals surface area contributed by atoms with Crippen molar-refractivity contribution in [1.29, 1.82) is 0 Å². The van der Waals surface area contributed by atoms with E-state index in [1.807, 2.05) is 19.2 Å². The largest absolute Gasteiger partial charge is 0.376 e. The summed E-state index contributed by atoms with van der Waals surface area (Å²) < 4.78 is 12.2. The summed E-state index contributed by atoms with van der Waals surface area (Å²) in [4.78, 5) is 13.9. The fourth-order valence-electron chi connectivity index (χ4n) is 2.66. The van der Waals surface area contributed by atoms with Gasteiger partial charge in [0.15, 0.2) is 0 Å². The van der Waals surface area contributed by atoms with Crippen LogP contribution >= 0.6 is 11.3 Å². The maximum absolute atomic E-state index is 12.1. The van der Waals surface area contributed by atoms with Crippen molar-refractivity contribution in [3.8, 4) is 0 Å². The van der Waals surface area contributed by atoms with Gasteiger partial charge >= 0.3 is 0 Å². The minimum atomic E-state index is 0.00766. The fraction of sp³-hybridized carbons (Fsp3) is 0.471. The van der Waals surface area contributed by atoms with Crippen molar-refractivity contribution in [3.05, 3.63) is 35.2 Å². The van der Waals surface area contributed by atoms with Gasteiger partial charge in [0.1, 0.15) is 6.61 Å². The number of rotatable bonds is 6. The topological polar surface area (TPSA) is 38.8 Å². The van der Waals surface area contributed by atoms with Crippen LogP contribution in [0.3, 0.4) is 0 Å². The quantitative estimate of drug-likeness (QED) is 0.821. The predicted octanol–water partition coefficient (Wildman–Crippen LogP) is 3.06. The van der Waals surface area contributed by atoms with E-state index in [1.165, 1.54) is 15.6 Å². The zero-order chi connectivity index (χ0) is 15.4. The highest BCUT2D eigenvalue weighted by atomic mass is 32.1. The van der Waals surface area contributed by atoms with Gasteiger partial charge in [-0.1, -0.05) is 18.2 Å². The maximum atomic E-state index is 12.1. The average Bonchev–Trinajstić information content (AvgIpc) is 3.17. The molecule has 5 heteroatoms. The first-order valence-corrected chi connectivity index (χ1v) is 8.50. The second-order valence-electron chi connectivity index (χ2n) is 5.66. The van der Waals surface area contributed by atoms with E-state index in [-0.39, 0.29) is 18.6 Å². The van der Waals surface area contributed by atoms with Crippen molar-refractivity contribution in [1.82, 2.24) is 4.90 Å². The predicted molar refractivity (Wildman–Crippen MR) is 88.1 cm³/mol. The Hall–Kier alpha value is -1.43. The third kappa shape index (κ3) is 3.66. The molecule has 1 aliphatic heterocycles. The number of likely N-dealkylation sites (N-methyl/N-ethyl adjacent to an activating group) is 1. The number of amides is 1. The Kier molecular flexibility index (Phi) is 5.08. The van der Waals surface area contributed by atoms with Gasteiger partial charge in [-0.2, -0.15) is 0 Å². The van der Waals surface area contributed by atoms with E-state index >= 15 is 0 Å². The van der Waals surface area contributed by atoms with Crippen LogP contribution in [0.2, 0.25) is 0 Å². The second-order valence-corrected chi connectivity index (χ2v) is 6.57. The number of hydrogen-bond donors (Lipinski definition) is 0. The van der Waals surface area contributed by atoms with E-state index in [2.05, 4.69) is 17.5 Å². The normalized spacial score (nSPS) is 18.0. The van der Waals surface area contributed by atoms with E-state index in [0.717, 1.165) is 19.4 Å². The van der Waals surface area contributed by atoms with Crippen molar-refractivity contribution < 1.29 is 14.3 Å². The minimum absolute atomic E-state index is 0.00766. The molecule has 0 aliphatic carbocycles. The standard InChI is InChI=1S/C17H21NO3S/c1-18(17(19)11-20-10-14-5-4-8-21-14)9-13-12-22-16-7-3-2-6-15(13)16/h2-3,6-7,12,14H,4-5,8-11H2,1H3. The summed E-state index contributed by atoms with van der Waals surface area (Å²) in [5.74, 6) is 0.00766. The van der Waals surface area contributed by atoms with Crippen LogP contribution in [0.4, 0.5) is 0 Å². The number of ether oxygens (including phenoxy) is 2. The minimum Gasteiger partial charge on any atom is -0.376 e. The molecule has 1 unspecified atom stereocenters. The molecule has 1 atom stereocenters. The monoisotopic (exact) mass is 319 g/mol. The van der Waals surface area contributed by atoms with Crippen LogP contribution in [0.25, 0.3) is 10.1 Å². The van der Waals surface area contributed by atoms with Gasteiger partial charge in [-0.25, -0.2) is 0 Å². The number of nitrogens with zero attached hydrogens (tertiary/aromatic N) is 1. The lowest BCUT2D eigenvalue weighted by Gasteiger charge is -2.17. The molecule has 0 spiro atoms. The van der Waals surface area contributed by atoms with Crippen LogP contribution in [0.5, 0.6) is 0 Å². The Labute approximate surface area is 134 Å². The number of carbonyl (C=O) groups is 1. The Bertz CT molecular complexity index is 634. The van der Waals surface area contributed by atoms with E-state index < -0.39 is 0 Å². The zero-order valence-corrected chi connectivity index (χ0v) is 13.6. The van der Waals surface area contributed by atoms with E-state index in [1.54, 1.807) is 16.2 Å². The first-order valence-electron chi connectivity index (χ1n) is 7.62. The molecule has 1 fully saturated rings. The Morgan fingerprint density at radius 2 is 2.32 bits per heavy atom. The molecule has 4 nitrogen and oxygen atoms in total. The number of carbonyl (C=O) groups excluding carboxylic acids is 1. The number of hydrogen-bond acceptors (Lipinski definition) is 4. The summed E-state index contributed by atoms with van der Waals surface area (Å²) in [6, 6.07) is 8.28. The lowest BCUT2D eigenvalue weighted by Crippen LogP contribution is -2.31. The van der Waals surface area contributed by atoms with Crippen molar-refractivity contribution in [2.24, 2.45) is 0 Å². The number of thiophene rings is 1. The summed E-state index contributed by atoms with van der Waals surface area (Å²) in [6.45, 7) is 2.07. The molecule has 3 rings (SSSR count). The first-order chi connectivity index (χ1) is 10.7. The molecule has 2 heterocycles. The third-order valence-corrected chi connectivity index (χ3v) is 4.96. The van der Waals surface area contributed by atoms with Gasteiger partial charge in [-0.3, -0.25) is 4.79 Å². The van der Waals surface area contributed by atoms with Gasteiger partial charge in [0.2, 0.25) is 5.91 Å². The molecular formula is C17H21NO3S.